The van der Waals surface area contributed by atoms with Gasteiger partial charge in [0, 0.05) is 59.6 Å². The summed E-state index contributed by atoms with van der Waals surface area (Å²) in [5.41, 5.74) is 15.1. The van der Waals surface area contributed by atoms with Gasteiger partial charge in [-0.25, -0.2) is 0 Å². The molecule has 2 aromatic rings. The van der Waals surface area contributed by atoms with Crippen molar-refractivity contribution in [2.75, 3.05) is 36.0 Å². The lowest BCUT2D eigenvalue weighted by Gasteiger charge is -2.49. The fourth-order valence-electron chi connectivity index (χ4n) is 8.40. The van der Waals surface area contributed by atoms with Crippen LogP contribution in [0.25, 0.3) is 0 Å². The lowest BCUT2D eigenvalue weighted by Crippen LogP contribution is -2.48. The molecular weight excluding hydrogens is 450 g/mol. The van der Waals surface area contributed by atoms with Gasteiger partial charge in [-0.05, 0) is 111 Å². The van der Waals surface area contributed by atoms with Gasteiger partial charge in [-0.2, -0.15) is 0 Å². The first-order chi connectivity index (χ1) is 17.7. The molecule has 6 rings (SSSR count). The number of rotatable bonds is 4. The maximum atomic E-state index is 5.41. The first-order valence-corrected chi connectivity index (χ1v) is 15.1. The molecule has 1 unspecified atom stereocenters. The van der Waals surface area contributed by atoms with Gasteiger partial charge in [0.1, 0.15) is 0 Å². The van der Waals surface area contributed by atoms with E-state index in [4.69, 9.17) is 4.99 Å². The highest BCUT2D eigenvalue weighted by molar-refractivity contribution is 6.18. The highest BCUT2D eigenvalue weighted by Crippen LogP contribution is 2.52. The maximum Gasteiger partial charge on any atom is 0.0725 e. The normalized spacial score (nSPS) is 23.9. The van der Waals surface area contributed by atoms with Crippen LogP contribution < -0.4 is 9.80 Å². The molecule has 4 aliphatic rings. The lowest BCUT2D eigenvalue weighted by atomic mass is 9.63. The zero-order valence-electron chi connectivity index (χ0n) is 24.4. The molecule has 1 atom stereocenters. The van der Waals surface area contributed by atoms with Gasteiger partial charge < -0.3 is 9.80 Å². The standard InChI is InChI=1S/C34H47N3/c1-8-10-15-35-31-26-19-25-22(3)21-33(4,5)37(9-2)29(25)20-28(26)34(6,7)30-24-14-12-17-36-16-11-13-23(32(24)36)18-27(30)31/h18-20,22H,8-17,21H2,1-7H3. The average molecular weight is 498 g/mol. The van der Waals surface area contributed by atoms with Crippen LogP contribution in [0.1, 0.15) is 125 Å². The minimum absolute atomic E-state index is 0.0431. The summed E-state index contributed by atoms with van der Waals surface area (Å²) in [5.74, 6) is 0.553. The van der Waals surface area contributed by atoms with Gasteiger partial charge in [0.2, 0.25) is 0 Å². The summed E-state index contributed by atoms with van der Waals surface area (Å²) < 4.78 is 0. The number of benzene rings is 2. The third-order valence-corrected chi connectivity index (χ3v) is 9.96. The molecule has 3 nitrogen and oxygen atoms in total. The first kappa shape index (κ1) is 25.0. The summed E-state index contributed by atoms with van der Waals surface area (Å²) in [4.78, 5) is 10.8. The Hall–Kier alpha value is -2.29. The molecule has 0 spiro atoms. The van der Waals surface area contributed by atoms with E-state index in [0.29, 0.717) is 5.92 Å². The molecule has 0 bridgehead atoms. The Morgan fingerprint density at radius 3 is 2.46 bits per heavy atom. The Kier molecular flexibility index (Phi) is 6.01. The molecule has 0 saturated heterocycles. The smallest absolute Gasteiger partial charge is 0.0725 e. The second kappa shape index (κ2) is 8.89. The Morgan fingerprint density at radius 1 is 0.973 bits per heavy atom. The van der Waals surface area contributed by atoms with E-state index in [2.05, 4.69) is 76.5 Å². The van der Waals surface area contributed by atoms with Crippen molar-refractivity contribution in [2.45, 2.75) is 110 Å². The number of fused-ring (bicyclic) bond motifs is 4. The van der Waals surface area contributed by atoms with Crippen molar-refractivity contribution >= 4 is 17.1 Å². The number of nitrogens with zero attached hydrogens (tertiary/aromatic N) is 3. The molecule has 0 N–H and O–H groups in total. The molecule has 0 fully saturated rings. The predicted octanol–water partition coefficient (Wildman–Crippen LogP) is 7.77. The summed E-state index contributed by atoms with van der Waals surface area (Å²) in [5, 5.41) is 0. The molecule has 1 aliphatic carbocycles. The molecular formula is C34H47N3. The second-order valence-electron chi connectivity index (χ2n) is 13.3. The number of unbranched alkanes of at least 4 members (excludes halogenated alkanes) is 1. The fraction of sp³-hybridized carbons (Fsp3) is 0.618. The molecule has 0 aromatic heterocycles. The monoisotopic (exact) mass is 497 g/mol. The van der Waals surface area contributed by atoms with E-state index in [1.54, 1.807) is 22.4 Å². The minimum Gasteiger partial charge on any atom is -0.371 e. The van der Waals surface area contributed by atoms with Crippen LogP contribution >= 0.6 is 0 Å². The van der Waals surface area contributed by atoms with E-state index in [1.165, 1.54) is 85.3 Å². The van der Waals surface area contributed by atoms with E-state index >= 15 is 0 Å². The van der Waals surface area contributed by atoms with E-state index in [1.807, 2.05) is 0 Å². The largest absolute Gasteiger partial charge is 0.371 e. The molecule has 0 radical (unpaired) electrons. The Labute approximate surface area is 225 Å². The summed E-state index contributed by atoms with van der Waals surface area (Å²) >= 11 is 0. The summed E-state index contributed by atoms with van der Waals surface area (Å²) in [6.45, 7) is 21.3. The quantitative estimate of drug-likeness (QED) is 0.402. The van der Waals surface area contributed by atoms with Gasteiger partial charge in [-0.15, -0.1) is 0 Å². The zero-order chi connectivity index (χ0) is 26.1. The van der Waals surface area contributed by atoms with Crippen molar-refractivity contribution in [3.8, 4) is 0 Å². The SMILES string of the molecule is CCCCN=C1c2cc3c(cc2C(C)(C)c2c1cc1c4c2CCCN4CCC1)N(CC)C(C)(C)CC3C. The highest BCUT2D eigenvalue weighted by atomic mass is 15.2. The van der Waals surface area contributed by atoms with E-state index in [-0.39, 0.29) is 11.0 Å². The molecule has 198 valence electrons. The van der Waals surface area contributed by atoms with Crippen LogP contribution in [0, 0.1) is 0 Å². The van der Waals surface area contributed by atoms with Crippen molar-refractivity contribution in [2.24, 2.45) is 4.99 Å². The van der Waals surface area contributed by atoms with Crippen molar-refractivity contribution in [3.63, 3.8) is 0 Å². The summed E-state index contributed by atoms with van der Waals surface area (Å²) in [6.07, 6.45) is 8.51. The summed E-state index contributed by atoms with van der Waals surface area (Å²) in [7, 11) is 0. The fourth-order valence-corrected chi connectivity index (χ4v) is 8.40. The van der Waals surface area contributed by atoms with Gasteiger partial charge in [0.15, 0.2) is 0 Å². The van der Waals surface area contributed by atoms with Crippen LogP contribution in [0.3, 0.4) is 0 Å². The topological polar surface area (TPSA) is 18.8 Å². The van der Waals surface area contributed by atoms with Gasteiger partial charge in [0.05, 0.1) is 5.71 Å². The van der Waals surface area contributed by atoms with Crippen LogP contribution in [-0.2, 0) is 18.3 Å². The third kappa shape index (κ3) is 3.70. The van der Waals surface area contributed by atoms with Crippen molar-refractivity contribution in [3.05, 3.63) is 57.1 Å². The average Bonchev–Trinajstić information content (AvgIpc) is 2.85. The molecule has 0 saturated carbocycles. The van der Waals surface area contributed by atoms with Crippen molar-refractivity contribution in [1.29, 1.82) is 0 Å². The van der Waals surface area contributed by atoms with Crippen LogP contribution in [0.4, 0.5) is 11.4 Å². The molecule has 0 amide bonds. The molecule has 3 heterocycles. The maximum absolute atomic E-state index is 5.41. The van der Waals surface area contributed by atoms with Crippen LogP contribution in [0.15, 0.2) is 23.2 Å². The molecule has 37 heavy (non-hydrogen) atoms. The molecule has 3 heteroatoms. The lowest BCUT2D eigenvalue weighted by molar-refractivity contribution is 0.381. The Bertz CT molecular complexity index is 1260. The van der Waals surface area contributed by atoms with Crippen LogP contribution in [-0.4, -0.2) is 37.4 Å². The third-order valence-electron chi connectivity index (χ3n) is 9.96. The molecule has 3 aliphatic heterocycles. The predicted molar refractivity (Wildman–Crippen MR) is 159 cm³/mol. The number of aliphatic imine (C=N–C) groups is 1. The van der Waals surface area contributed by atoms with Crippen molar-refractivity contribution in [1.82, 2.24) is 0 Å². The van der Waals surface area contributed by atoms with Crippen LogP contribution in [0.5, 0.6) is 0 Å². The van der Waals surface area contributed by atoms with E-state index < -0.39 is 0 Å². The first-order valence-electron chi connectivity index (χ1n) is 15.1. The second-order valence-corrected chi connectivity index (χ2v) is 13.3. The highest BCUT2D eigenvalue weighted by Gasteiger charge is 2.43. The van der Waals surface area contributed by atoms with Crippen molar-refractivity contribution < 1.29 is 0 Å². The van der Waals surface area contributed by atoms with Gasteiger partial charge in [0.25, 0.3) is 0 Å². The zero-order valence-corrected chi connectivity index (χ0v) is 24.4. The van der Waals surface area contributed by atoms with Gasteiger partial charge in [-0.1, -0.05) is 34.1 Å². The van der Waals surface area contributed by atoms with Crippen LogP contribution in [0.2, 0.25) is 0 Å². The number of hydrogen-bond donors (Lipinski definition) is 0. The Morgan fingerprint density at radius 2 is 1.73 bits per heavy atom. The number of anilines is 2. The van der Waals surface area contributed by atoms with E-state index in [0.717, 1.165) is 19.5 Å². The van der Waals surface area contributed by atoms with Gasteiger partial charge in [-0.3, -0.25) is 4.99 Å². The minimum atomic E-state index is -0.0431. The number of aryl methyl sites for hydroxylation is 1. The van der Waals surface area contributed by atoms with E-state index in [9.17, 15) is 0 Å². The van der Waals surface area contributed by atoms with Gasteiger partial charge >= 0.3 is 0 Å². The summed E-state index contributed by atoms with van der Waals surface area (Å²) in [6, 6.07) is 7.74. The Balaban J connectivity index is 1.64. The number of hydrogen-bond acceptors (Lipinski definition) is 3. The molecule has 2 aromatic carbocycles.